The molecule has 0 atom stereocenters. The van der Waals surface area contributed by atoms with Crippen LogP contribution in [0.5, 0.6) is 0 Å². The van der Waals surface area contributed by atoms with E-state index in [-0.39, 0.29) is 70.2 Å². The molecule has 0 fully saturated rings. The molecule has 3 aromatic carbocycles. The summed E-state index contributed by atoms with van der Waals surface area (Å²) in [6.07, 6.45) is 0. The average Bonchev–Trinajstić information content (AvgIpc) is 2.58. The van der Waals surface area contributed by atoms with Crippen molar-refractivity contribution in [3.63, 3.8) is 0 Å². The first-order valence-electron chi connectivity index (χ1n) is 7.11. The molecule has 28 heavy (non-hydrogen) atoms. The van der Waals surface area contributed by atoms with Crippen molar-refractivity contribution in [2.45, 2.75) is 9.79 Å². The molecule has 12 heteroatoms. The number of hydrogen-bond acceptors (Lipinski definition) is 8. The van der Waals surface area contributed by atoms with Gasteiger partial charge in [0, 0.05) is 0 Å². The van der Waals surface area contributed by atoms with Gasteiger partial charge >= 0.3 is 59.1 Å². The third-order valence-corrected chi connectivity index (χ3v) is 5.17. The number of nitrogens with zero attached hydrogens (tertiary/aromatic N) is 2. The topological polar surface area (TPSA) is 139 Å². The van der Waals surface area contributed by atoms with E-state index in [1.807, 2.05) is 0 Å². The summed E-state index contributed by atoms with van der Waals surface area (Å²) in [4.78, 5) is -1.19. The maximum Gasteiger partial charge on any atom is 1.00 e. The Morgan fingerprint density at radius 1 is 0.679 bits per heavy atom. The van der Waals surface area contributed by atoms with Gasteiger partial charge in [0.25, 0.3) is 0 Å². The van der Waals surface area contributed by atoms with E-state index in [0.29, 0.717) is 11.1 Å². The van der Waals surface area contributed by atoms with Crippen LogP contribution in [0, 0.1) is 0 Å². The summed E-state index contributed by atoms with van der Waals surface area (Å²) in [7, 11) is -9.63. The monoisotopic (exact) mass is 436 g/mol. The minimum absolute atomic E-state index is 0. The van der Waals surface area contributed by atoms with E-state index in [1.54, 1.807) is 30.3 Å². The van der Waals surface area contributed by atoms with Crippen molar-refractivity contribution in [3.05, 3.63) is 60.7 Å². The number of hydrogen-bond donors (Lipinski definition) is 0. The molecule has 3 rings (SSSR count). The smallest absolute Gasteiger partial charge is 0.744 e. The molecule has 0 aliphatic carbocycles. The van der Waals surface area contributed by atoms with Gasteiger partial charge in [-0.1, -0.05) is 24.3 Å². The van der Waals surface area contributed by atoms with E-state index < -0.39 is 30.0 Å². The van der Waals surface area contributed by atoms with Crippen molar-refractivity contribution in [1.29, 1.82) is 0 Å². The maximum atomic E-state index is 11.6. The first kappa shape index (κ1) is 25.4. The Kier molecular flexibility index (Phi) is 8.97. The molecular formula is C16H10N2Na2O6S2. The van der Waals surface area contributed by atoms with Crippen LogP contribution >= 0.6 is 0 Å². The summed E-state index contributed by atoms with van der Waals surface area (Å²) >= 11 is 0. The molecule has 0 spiro atoms. The van der Waals surface area contributed by atoms with Crippen LogP contribution < -0.4 is 59.1 Å². The van der Waals surface area contributed by atoms with Crippen LogP contribution in [-0.4, -0.2) is 25.9 Å². The standard InChI is InChI=1S/C16H12N2O6S2.2Na/c19-25(20,21)14-7-6-11-9-15(18-17-13-4-2-1-3-5-13)16(26(22,23)24)10-12(11)8-14;;/h1-10H,(H,19,20,21)(H,22,23,24);;/q;2*+1/p-2. The van der Waals surface area contributed by atoms with Crippen molar-refractivity contribution in [2.75, 3.05) is 0 Å². The van der Waals surface area contributed by atoms with Gasteiger partial charge in [-0.05, 0) is 47.2 Å². The Hall–Kier alpha value is -0.660. The SMILES string of the molecule is O=S(=O)([O-])c1ccc2cc(N=Nc3ccccc3)c(S(=O)(=O)[O-])cc2c1.[Na+].[Na+]. The van der Waals surface area contributed by atoms with Gasteiger partial charge in [0.15, 0.2) is 0 Å². The molecule has 0 radical (unpaired) electrons. The summed E-state index contributed by atoms with van der Waals surface area (Å²) in [5, 5.41) is 8.22. The molecule has 0 N–H and O–H groups in total. The second-order valence-electron chi connectivity index (χ2n) is 5.27. The second-order valence-corrected chi connectivity index (χ2v) is 8.00. The largest absolute Gasteiger partial charge is 1.00 e. The van der Waals surface area contributed by atoms with Gasteiger partial charge in [-0.2, -0.15) is 5.11 Å². The second kappa shape index (κ2) is 9.90. The fourth-order valence-corrected chi connectivity index (χ4v) is 3.42. The zero-order valence-electron chi connectivity index (χ0n) is 14.9. The number of rotatable bonds is 4. The molecule has 0 aliphatic heterocycles. The van der Waals surface area contributed by atoms with E-state index in [9.17, 15) is 25.9 Å². The molecule has 0 unspecified atom stereocenters. The molecular weight excluding hydrogens is 426 g/mol. The zero-order chi connectivity index (χ0) is 18.9. The van der Waals surface area contributed by atoms with E-state index in [1.165, 1.54) is 12.1 Å². The third kappa shape index (κ3) is 6.17. The van der Waals surface area contributed by atoms with Crippen molar-refractivity contribution in [2.24, 2.45) is 10.2 Å². The van der Waals surface area contributed by atoms with Crippen LogP contribution in [0.3, 0.4) is 0 Å². The van der Waals surface area contributed by atoms with Gasteiger partial charge in [0.05, 0.1) is 15.5 Å². The summed E-state index contributed by atoms with van der Waals surface area (Å²) in [5.41, 5.74) is 0.267. The number of azo groups is 1. The molecule has 0 heterocycles. The summed E-state index contributed by atoms with van der Waals surface area (Å²) in [6, 6.07) is 14.2. The minimum Gasteiger partial charge on any atom is -0.744 e. The van der Waals surface area contributed by atoms with Crippen molar-refractivity contribution in [3.8, 4) is 0 Å². The summed E-state index contributed by atoms with van der Waals surface area (Å²) < 4.78 is 68.0. The molecule has 0 saturated heterocycles. The third-order valence-electron chi connectivity index (χ3n) is 3.48. The quantitative estimate of drug-likeness (QED) is 0.244. The van der Waals surface area contributed by atoms with E-state index in [4.69, 9.17) is 0 Å². The van der Waals surface area contributed by atoms with Gasteiger partial charge in [0.1, 0.15) is 25.9 Å². The van der Waals surface area contributed by atoms with E-state index in [2.05, 4.69) is 10.2 Å². The molecule has 0 aliphatic rings. The van der Waals surface area contributed by atoms with Crippen LogP contribution in [0.4, 0.5) is 11.4 Å². The van der Waals surface area contributed by atoms with Crippen LogP contribution in [0.25, 0.3) is 10.8 Å². The fraction of sp³-hybridized carbons (Fsp3) is 0. The summed E-state index contributed by atoms with van der Waals surface area (Å²) in [6.45, 7) is 0. The Bertz CT molecular complexity index is 1230. The first-order chi connectivity index (χ1) is 12.1. The van der Waals surface area contributed by atoms with Gasteiger partial charge in [-0.15, -0.1) is 5.11 Å². The van der Waals surface area contributed by atoms with Gasteiger partial charge in [0.2, 0.25) is 0 Å². The molecule has 134 valence electrons. The fourth-order valence-electron chi connectivity index (χ4n) is 2.28. The zero-order valence-corrected chi connectivity index (χ0v) is 20.6. The molecule has 0 saturated carbocycles. The molecule has 8 nitrogen and oxygen atoms in total. The van der Waals surface area contributed by atoms with Crippen LogP contribution in [0.2, 0.25) is 0 Å². The van der Waals surface area contributed by atoms with Crippen LogP contribution in [0.1, 0.15) is 0 Å². The summed E-state index contributed by atoms with van der Waals surface area (Å²) in [5.74, 6) is 0. The normalized spacial score (nSPS) is 11.8. The molecule has 0 bridgehead atoms. The Morgan fingerprint density at radius 3 is 1.89 bits per heavy atom. The van der Waals surface area contributed by atoms with Crippen LogP contribution in [0.15, 0.2) is 80.7 Å². The predicted octanol–water partition coefficient (Wildman–Crippen LogP) is -2.93. The van der Waals surface area contributed by atoms with Crippen molar-refractivity contribution < 1.29 is 85.1 Å². The van der Waals surface area contributed by atoms with E-state index >= 15 is 0 Å². The Labute approximate surface area is 206 Å². The molecule has 0 aromatic heterocycles. The van der Waals surface area contributed by atoms with Crippen molar-refractivity contribution in [1.82, 2.24) is 0 Å². The molecule has 0 amide bonds. The maximum absolute atomic E-state index is 11.6. The molecule has 3 aromatic rings. The van der Waals surface area contributed by atoms with Crippen LogP contribution in [-0.2, 0) is 20.2 Å². The first-order valence-corrected chi connectivity index (χ1v) is 9.93. The van der Waals surface area contributed by atoms with E-state index in [0.717, 1.165) is 18.2 Å². The Morgan fingerprint density at radius 2 is 1.32 bits per heavy atom. The predicted molar refractivity (Wildman–Crippen MR) is 90.5 cm³/mol. The van der Waals surface area contributed by atoms with Gasteiger partial charge in [-0.25, -0.2) is 16.8 Å². The van der Waals surface area contributed by atoms with Gasteiger partial charge in [-0.3, -0.25) is 0 Å². The average molecular weight is 436 g/mol. The Balaban J connectivity index is 0.00000196. The van der Waals surface area contributed by atoms with Crippen molar-refractivity contribution >= 4 is 42.4 Å². The number of benzene rings is 3. The number of fused-ring (bicyclic) bond motifs is 1. The van der Waals surface area contributed by atoms with Gasteiger partial charge < -0.3 is 9.11 Å². The minimum atomic E-state index is -4.91.